The summed E-state index contributed by atoms with van der Waals surface area (Å²) in [6.45, 7) is 4.91. The molecule has 0 spiro atoms. The molecule has 8 heteroatoms. The predicted molar refractivity (Wildman–Crippen MR) is 96.2 cm³/mol. The van der Waals surface area contributed by atoms with Crippen LogP contribution in [0.3, 0.4) is 0 Å². The highest BCUT2D eigenvalue weighted by Crippen LogP contribution is 2.25. The molecule has 7 nitrogen and oxygen atoms in total. The Kier molecular flexibility index (Phi) is 5.36. The number of carbonyl (C=O) groups excluding carboxylic acids is 1. The van der Waals surface area contributed by atoms with Crippen molar-refractivity contribution >= 4 is 27.6 Å². The van der Waals surface area contributed by atoms with Gasteiger partial charge in [-0.05, 0) is 67.8 Å². The number of benzene rings is 2. The summed E-state index contributed by atoms with van der Waals surface area (Å²) in [7, 11) is -2.75. The number of aryl methyl sites for hydroxylation is 2. The van der Waals surface area contributed by atoms with Crippen molar-refractivity contribution in [3.8, 4) is 0 Å². The van der Waals surface area contributed by atoms with Gasteiger partial charge in [0.15, 0.2) is 0 Å². The van der Waals surface area contributed by atoms with E-state index in [4.69, 9.17) is 0 Å². The van der Waals surface area contributed by atoms with Crippen molar-refractivity contribution < 1.29 is 27.9 Å². The molecule has 0 aliphatic carbocycles. The van der Waals surface area contributed by atoms with Gasteiger partial charge in [-0.15, -0.1) is 0 Å². The highest BCUT2D eigenvalue weighted by atomic mass is 32.2. The van der Waals surface area contributed by atoms with Crippen LogP contribution in [0.2, 0.25) is 0 Å². The molecule has 0 atom stereocenters. The first-order chi connectivity index (χ1) is 12.1. The second-order valence-electron chi connectivity index (χ2n) is 5.85. The molecule has 0 aromatic heterocycles. The number of anilines is 1. The fourth-order valence-electron chi connectivity index (χ4n) is 2.45. The van der Waals surface area contributed by atoms with Crippen LogP contribution in [-0.2, 0) is 14.8 Å². The van der Waals surface area contributed by atoms with Crippen molar-refractivity contribution in [2.75, 3.05) is 11.8 Å². The molecule has 0 unspecified atom stereocenters. The van der Waals surface area contributed by atoms with Gasteiger partial charge in [-0.25, -0.2) is 18.0 Å². The largest absolute Gasteiger partial charge is 0.478 e. The second kappa shape index (κ2) is 7.17. The van der Waals surface area contributed by atoms with Gasteiger partial charge in [0.2, 0.25) is 0 Å². The molecule has 0 radical (unpaired) electrons. The van der Waals surface area contributed by atoms with E-state index in [1.165, 1.54) is 31.4 Å². The van der Waals surface area contributed by atoms with Crippen LogP contribution >= 0.6 is 0 Å². The number of carboxylic acid groups (broad SMARTS) is 1. The molecule has 0 amide bonds. The average molecular weight is 377 g/mol. The van der Waals surface area contributed by atoms with Crippen molar-refractivity contribution in [3.05, 3.63) is 58.1 Å². The molecular formula is C18H19NO6S. The van der Waals surface area contributed by atoms with Crippen LogP contribution in [0.1, 0.15) is 37.4 Å². The summed E-state index contributed by atoms with van der Waals surface area (Å²) in [6.07, 6.45) is 0. The zero-order valence-corrected chi connectivity index (χ0v) is 15.6. The van der Waals surface area contributed by atoms with Crippen LogP contribution in [0.5, 0.6) is 0 Å². The summed E-state index contributed by atoms with van der Waals surface area (Å²) in [4.78, 5) is 22.7. The lowest BCUT2D eigenvalue weighted by atomic mass is 10.1. The number of carboxylic acids is 1. The number of sulfonamides is 1. The van der Waals surface area contributed by atoms with Gasteiger partial charge >= 0.3 is 11.9 Å². The van der Waals surface area contributed by atoms with Crippen LogP contribution in [0, 0.1) is 20.8 Å². The number of esters is 1. The van der Waals surface area contributed by atoms with E-state index in [1.807, 2.05) is 0 Å². The number of nitrogens with one attached hydrogen (secondary N) is 1. The summed E-state index contributed by atoms with van der Waals surface area (Å²) in [6, 6.07) is 6.97. The molecule has 2 aromatic carbocycles. The number of hydrogen-bond donors (Lipinski definition) is 2. The van der Waals surface area contributed by atoms with Gasteiger partial charge < -0.3 is 9.84 Å². The second-order valence-corrected chi connectivity index (χ2v) is 7.50. The van der Waals surface area contributed by atoms with Gasteiger partial charge in [0.05, 0.1) is 28.8 Å². The molecule has 0 saturated heterocycles. The zero-order chi connectivity index (χ0) is 19.6. The summed E-state index contributed by atoms with van der Waals surface area (Å²) in [5, 5.41) is 9.17. The van der Waals surface area contributed by atoms with Crippen LogP contribution < -0.4 is 4.72 Å². The van der Waals surface area contributed by atoms with Crippen LogP contribution in [-0.4, -0.2) is 32.6 Å². The predicted octanol–water partition coefficient (Wildman–Crippen LogP) is 2.90. The van der Waals surface area contributed by atoms with E-state index in [0.29, 0.717) is 22.3 Å². The number of ether oxygens (including phenoxy) is 1. The lowest BCUT2D eigenvalue weighted by Crippen LogP contribution is -2.17. The van der Waals surface area contributed by atoms with Crippen molar-refractivity contribution in [3.63, 3.8) is 0 Å². The van der Waals surface area contributed by atoms with E-state index in [2.05, 4.69) is 9.46 Å². The molecule has 26 heavy (non-hydrogen) atoms. The van der Waals surface area contributed by atoms with E-state index in [1.54, 1.807) is 20.8 Å². The lowest BCUT2D eigenvalue weighted by molar-refractivity contribution is 0.0599. The van der Waals surface area contributed by atoms with Crippen molar-refractivity contribution in [1.82, 2.24) is 0 Å². The first-order valence-corrected chi connectivity index (χ1v) is 9.11. The SMILES string of the molecule is COC(=O)c1ccc(NS(=O)(=O)c2cc(C(=O)O)cc(C)c2C)c(C)c1. The fraction of sp³-hybridized carbons (Fsp3) is 0.222. The van der Waals surface area contributed by atoms with Crippen LogP contribution in [0.25, 0.3) is 0 Å². The molecule has 0 aliphatic rings. The molecule has 2 rings (SSSR count). The molecule has 0 heterocycles. The maximum atomic E-state index is 12.8. The third-order valence-electron chi connectivity index (χ3n) is 4.05. The standard InChI is InChI=1S/C18H19NO6S/c1-10-7-14(17(20)21)9-16(12(10)3)26(23,24)19-15-6-5-13(8-11(15)2)18(22)25-4/h5-9,19H,1-4H3,(H,20,21). The third kappa shape index (κ3) is 3.85. The van der Waals surface area contributed by atoms with Gasteiger partial charge in [0.25, 0.3) is 10.0 Å². The minimum absolute atomic E-state index is 0.105. The smallest absolute Gasteiger partial charge is 0.337 e. The molecule has 138 valence electrons. The maximum absolute atomic E-state index is 12.8. The van der Waals surface area contributed by atoms with Gasteiger partial charge in [0, 0.05) is 0 Å². The first kappa shape index (κ1) is 19.5. The highest BCUT2D eigenvalue weighted by molar-refractivity contribution is 7.92. The Morgan fingerprint density at radius 3 is 2.15 bits per heavy atom. The van der Waals surface area contributed by atoms with Crippen molar-refractivity contribution in [1.29, 1.82) is 0 Å². The third-order valence-corrected chi connectivity index (χ3v) is 5.54. The number of methoxy groups -OCH3 is 1. The van der Waals surface area contributed by atoms with Gasteiger partial charge in [-0.3, -0.25) is 4.72 Å². The Balaban J connectivity index is 2.47. The van der Waals surface area contributed by atoms with E-state index in [0.717, 1.165) is 6.07 Å². The fourth-order valence-corrected chi connectivity index (χ4v) is 3.93. The molecular weight excluding hydrogens is 358 g/mol. The molecule has 2 N–H and O–H groups in total. The van der Waals surface area contributed by atoms with E-state index in [-0.39, 0.29) is 16.1 Å². The average Bonchev–Trinajstić information content (AvgIpc) is 2.57. The number of rotatable bonds is 5. The van der Waals surface area contributed by atoms with E-state index in [9.17, 15) is 23.1 Å². The highest BCUT2D eigenvalue weighted by Gasteiger charge is 2.22. The van der Waals surface area contributed by atoms with Gasteiger partial charge in [-0.1, -0.05) is 0 Å². The molecule has 0 saturated carbocycles. The minimum Gasteiger partial charge on any atom is -0.478 e. The van der Waals surface area contributed by atoms with Gasteiger partial charge in [0.1, 0.15) is 0 Å². The molecule has 0 fully saturated rings. The number of hydrogen-bond acceptors (Lipinski definition) is 5. The molecule has 2 aromatic rings. The van der Waals surface area contributed by atoms with Crippen molar-refractivity contribution in [2.24, 2.45) is 0 Å². The normalized spacial score (nSPS) is 11.1. The van der Waals surface area contributed by atoms with Crippen molar-refractivity contribution in [2.45, 2.75) is 25.7 Å². The van der Waals surface area contributed by atoms with Crippen LogP contribution in [0.15, 0.2) is 35.2 Å². The summed E-state index contributed by atoms with van der Waals surface area (Å²) in [5.41, 5.74) is 2.03. The van der Waals surface area contributed by atoms with Crippen LogP contribution in [0.4, 0.5) is 5.69 Å². The van der Waals surface area contributed by atoms with Gasteiger partial charge in [-0.2, -0.15) is 0 Å². The lowest BCUT2D eigenvalue weighted by Gasteiger charge is -2.15. The summed E-state index contributed by atoms with van der Waals surface area (Å²) in [5.74, 6) is -1.73. The zero-order valence-electron chi connectivity index (χ0n) is 14.8. The Morgan fingerprint density at radius 1 is 1.00 bits per heavy atom. The summed E-state index contributed by atoms with van der Waals surface area (Å²) < 4.78 is 32.6. The first-order valence-electron chi connectivity index (χ1n) is 7.63. The maximum Gasteiger partial charge on any atom is 0.337 e. The number of aromatic carboxylic acids is 1. The number of carbonyl (C=O) groups is 2. The Hall–Kier alpha value is -2.87. The Bertz CT molecular complexity index is 995. The molecule has 0 aliphatic heterocycles. The topological polar surface area (TPSA) is 110 Å². The molecule has 0 bridgehead atoms. The van der Waals surface area contributed by atoms with E-state index < -0.39 is 22.0 Å². The monoisotopic (exact) mass is 377 g/mol. The van der Waals surface area contributed by atoms with E-state index >= 15 is 0 Å². The Labute approximate surface area is 151 Å². The quantitative estimate of drug-likeness (QED) is 0.776. The Morgan fingerprint density at radius 2 is 1.62 bits per heavy atom. The summed E-state index contributed by atoms with van der Waals surface area (Å²) >= 11 is 0. The minimum atomic E-state index is -4.01.